The van der Waals surface area contributed by atoms with Gasteiger partial charge in [-0.15, -0.1) is 0 Å². The molecule has 1 fully saturated rings. The summed E-state index contributed by atoms with van der Waals surface area (Å²) in [5.74, 6) is -0.252. The molecule has 1 rings (SSSR count). The van der Waals surface area contributed by atoms with Crippen LogP contribution in [0.3, 0.4) is 0 Å². The van der Waals surface area contributed by atoms with Gasteiger partial charge in [0.25, 0.3) is 0 Å². The van der Waals surface area contributed by atoms with Crippen molar-refractivity contribution < 1.29 is 14.3 Å². The molecule has 1 amide bonds. The van der Waals surface area contributed by atoms with Crippen LogP contribution in [-0.2, 0) is 14.3 Å². The van der Waals surface area contributed by atoms with Crippen LogP contribution in [0.15, 0.2) is 0 Å². The molecule has 13 heavy (non-hydrogen) atoms. The number of hydrogen-bond donors (Lipinski definition) is 0. The van der Waals surface area contributed by atoms with Crippen molar-refractivity contribution in [3.8, 4) is 0 Å². The fourth-order valence-electron chi connectivity index (χ4n) is 1.47. The van der Waals surface area contributed by atoms with E-state index in [0.717, 1.165) is 6.42 Å². The third kappa shape index (κ3) is 2.20. The lowest BCUT2D eigenvalue weighted by atomic mass is 10.3. The topological polar surface area (TPSA) is 46.6 Å². The Morgan fingerprint density at radius 2 is 2.38 bits per heavy atom. The molecule has 1 atom stereocenters. The molecule has 1 aliphatic heterocycles. The third-order valence-corrected chi connectivity index (χ3v) is 2.21. The summed E-state index contributed by atoms with van der Waals surface area (Å²) in [7, 11) is 0. The Balaban J connectivity index is 2.50. The molecule has 4 nitrogen and oxygen atoms in total. The number of hydrogen-bond acceptors (Lipinski definition) is 3. The number of amides is 1. The van der Waals surface area contributed by atoms with Crippen LogP contribution in [-0.4, -0.2) is 36.0 Å². The van der Waals surface area contributed by atoms with Crippen molar-refractivity contribution in [2.24, 2.45) is 0 Å². The minimum atomic E-state index is -0.421. The van der Waals surface area contributed by atoms with Gasteiger partial charge in [-0.3, -0.25) is 4.79 Å². The van der Waals surface area contributed by atoms with E-state index >= 15 is 0 Å². The first-order valence-corrected chi connectivity index (χ1v) is 4.63. The lowest BCUT2D eigenvalue weighted by Crippen LogP contribution is -2.40. The Morgan fingerprint density at radius 3 is 2.85 bits per heavy atom. The highest BCUT2D eigenvalue weighted by atomic mass is 16.5. The normalized spacial score (nSPS) is 18.9. The van der Waals surface area contributed by atoms with Gasteiger partial charge in [-0.2, -0.15) is 0 Å². The zero-order chi connectivity index (χ0) is 9.84. The number of carbonyl (C=O) groups excluding carboxylic acids is 2. The van der Waals surface area contributed by atoms with Gasteiger partial charge in [-0.1, -0.05) is 0 Å². The van der Waals surface area contributed by atoms with E-state index in [2.05, 4.69) is 0 Å². The summed E-state index contributed by atoms with van der Waals surface area (Å²) in [6.45, 7) is 4.52. The number of rotatable bonds is 3. The van der Waals surface area contributed by atoms with Crippen LogP contribution >= 0.6 is 0 Å². The standard InChI is InChI=1S/C9H15NO3/c1-3-13-9(12)7(2)10-6-4-5-8(10)11/h7H,3-6H2,1-2H3. The maximum atomic E-state index is 11.3. The van der Waals surface area contributed by atoms with Crippen LogP contribution in [0.4, 0.5) is 0 Å². The van der Waals surface area contributed by atoms with Gasteiger partial charge in [-0.05, 0) is 20.3 Å². The van der Waals surface area contributed by atoms with Gasteiger partial charge in [0.05, 0.1) is 6.61 Å². The van der Waals surface area contributed by atoms with E-state index in [0.29, 0.717) is 19.6 Å². The summed E-state index contributed by atoms with van der Waals surface area (Å²) in [6.07, 6.45) is 1.41. The molecule has 0 aromatic carbocycles. The first-order valence-electron chi connectivity index (χ1n) is 4.63. The molecular formula is C9H15NO3. The minimum Gasteiger partial charge on any atom is -0.464 e. The quantitative estimate of drug-likeness (QED) is 0.603. The van der Waals surface area contributed by atoms with Gasteiger partial charge >= 0.3 is 5.97 Å². The van der Waals surface area contributed by atoms with Crippen molar-refractivity contribution in [2.75, 3.05) is 13.2 Å². The van der Waals surface area contributed by atoms with Crippen LogP contribution in [0.1, 0.15) is 26.7 Å². The molecule has 0 spiro atoms. The second-order valence-corrected chi connectivity index (χ2v) is 3.12. The highest BCUT2D eigenvalue weighted by Gasteiger charge is 2.29. The molecule has 0 N–H and O–H groups in total. The summed E-state index contributed by atoms with van der Waals surface area (Å²) >= 11 is 0. The highest BCUT2D eigenvalue weighted by molar-refractivity contribution is 5.85. The van der Waals surface area contributed by atoms with Crippen molar-refractivity contribution in [1.82, 2.24) is 4.90 Å². The molecule has 0 aliphatic carbocycles. The predicted octanol–water partition coefficient (Wildman–Crippen LogP) is 0.560. The van der Waals surface area contributed by atoms with Crippen molar-refractivity contribution in [2.45, 2.75) is 32.7 Å². The fourth-order valence-corrected chi connectivity index (χ4v) is 1.47. The number of esters is 1. The summed E-state index contributed by atoms with van der Waals surface area (Å²) in [5.41, 5.74) is 0. The molecule has 1 saturated heterocycles. The maximum absolute atomic E-state index is 11.3. The monoisotopic (exact) mass is 185 g/mol. The molecule has 0 radical (unpaired) electrons. The van der Waals surface area contributed by atoms with E-state index in [-0.39, 0.29) is 11.9 Å². The van der Waals surface area contributed by atoms with Crippen molar-refractivity contribution in [1.29, 1.82) is 0 Å². The van der Waals surface area contributed by atoms with Gasteiger partial charge < -0.3 is 9.64 Å². The molecule has 1 aliphatic rings. The van der Waals surface area contributed by atoms with E-state index in [1.807, 2.05) is 0 Å². The summed E-state index contributed by atoms with van der Waals surface area (Å²) in [6, 6.07) is -0.421. The SMILES string of the molecule is CCOC(=O)C(C)N1CCCC1=O. The Kier molecular flexibility index (Phi) is 3.28. The second kappa shape index (κ2) is 4.25. The van der Waals surface area contributed by atoms with Crippen LogP contribution in [0.5, 0.6) is 0 Å². The van der Waals surface area contributed by atoms with Crippen LogP contribution in [0, 0.1) is 0 Å². The van der Waals surface area contributed by atoms with Gasteiger partial charge in [0.2, 0.25) is 5.91 Å². The van der Waals surface area contributed by atoms with Crippen LogP contribution in [0.25, 0.3) is 0 Å². The third-order valence-electron chi connectivity index (χ3n) is 2.21. The molecule has 0 aromatic heterocycles. The largest absolute Gasteiger partial charge is 0.464 e. The van der Waals surface area contributed by atoms with Crippen molar-refractivity contribution in [3.63, 3.8) is 0 Å². The van der Waals surface area contributed by atoms with Crippen molar-refractivity contribution in [3.05, 3.63) is 0 Å². The van der Waals surface area contributed by atoms with Gasteiger partial charge in [0.1, 0.15) is 6.04 Å². The van der Waals surface area contributed by atoms with Crippen molar-refractivity contribution >= 4 is 11.9 Å². The minimum absolute atomic E-state index is 0.0561. The molecule has 74 valence electrons. The number of carbonyl (C=O) groups is 2. The fraction of sp³-hybridized carbons (Fsp3) is 0.778. The molecule has 1 heterocycles. The first-order chi connectivity index (χ1) is 6.16. The summed E-state index contributed by atoms with van der Waals surface area (Å²) < 4.78 is 4.83. The zero-order valence-electron chi connectivity index (χ0n) is 8.08. The first kappa shape index (κ1) is 10.0. The molecule has 0 bridgehead atoms. The lowest BCUT2D eigenvalue weighted by Gasteiger charge is -2.21. The Morgan fingerprint density at radius 1 is 1.69 bits per heavy atom. The summed E-state index contributed by atoms with van der Waals surface area (Å²) in [5, 5.41) is 0. The van der Waals surface area contributed by atoms with E-state index in [9.17, 15) is 9.59 Å². The Bertz CT molecular complexity index is 215. The van der Waals surface area contributed by atoms with Gasteiger partial charge in [0.15, 0.2) is 0 Å². The summed E-state index contributed by atoms with van der Waals surface area (Å²) in [4.78, 5) is 24.1. The smallest absolute Gasteiger partial charge is 0.328 e. The molecule has 0 saturated carbocycles. The molecular weight excluding hydrogens is 170 g/mol. The van der Waals surface area contributed by atoms with E-state index in [1.54, 1.807) is 18.7 Å². The zero-order valence-corrected chi connectivity index (χ0v) is 8.08. The van der Waals surface area contributed by atoms with Crippen LogP contribution in [0.2, 0.25) is 0 Å². The van der Waals surface area contributed by atoms with Gasteiger partial charge in [-0.25, -0.2) is 4.79 Å². The Hall–Kier alpha value is -1.06. The number of nitrogens with zero attached hydrogens (tertiary/aromatic N) is 1. The van der Waals surface area contributed by atoms with Crippen LogP contribution < -0.4 is 0 Å². The molecule has 4 heteroatoms. The maximum Gasteiger partial charge on any atom is 0.328 e. The van der Waals surface area contributed by atoms with E-state index < -0.39 is 6.04 Å². The number of likely N-dealkylation sites (tertiary alicyclic amines) is 1. The molecule has 0 aromatic rings. The van der Waals surface area contributed by atoms with Gasteiger partial charge in [0, 0.05) is 13.0 Å². The number of ether oxygens (including phenoxy) is 1. The predicted molar refractivity (Wildman–Crippen MR) is 47.0 cm³/mol. The second-order valence-electron chi connectivity index (χ2n) is 3.12. The highest BCUT2D eigenvalue weighted by Crippen LogP contribution is 2.13. The molecule has 1 unspecified atom stereocenters. The van der Waals surface area contributed by atoms with E-state index in [4.69, 9.17) is 4.74 Å². The van der Waals surface area contributed by atoms with E-state index in [1.165, 1.54) is 0 Å². The average molecular weight is 185 g/mol. The lowest BCUT2D eigenvalue weighted by molar-refractivity contribution is -0.152. The average Bonchev–Trinajstić information content (AvgIpc) is 2.50. The Labute approximate surface area is 77.8 Å².